The second-order valence-electron chi connectivity index (χ2n) is 3.70. The monoisotopic (exact) mass is 227 g/mol. The fraction of sp³-hybridized carbons (Fsp3) is 0.500. The number of halogens is 1. The molecule has 0 saturated carbocycles. The summed E-state index contributed by atoms with van der Waals surface area (Å²) in [4.78, 5) is 0. The average Bonchev–Trinajstić information content (AvgIpc) is 2.24. The lowest BCUT2D eigenvalue weighted by Crippen LogP contribution is -2.25. The van der Waals surface area contributed by atoms with Crippen LogP contribution >= 0.6 is 11.6 Å². The van der Waals surface area contributed by atoms with Gasteiger partial charge in [-0.3, -0.25) is 0 Å². The van der Waals surface area contributed by atoms with Gasteiger partial charge in [-0.1, -0.05) is 30.7 Å². The summed E-state index contributed by atoms with van der Waals surface area (Å²) in [5.41, 5.74) is 2.14. The second kappa shape index (κ2) is 6.11. The van der Waals surface area contributed by atoms with Crippen LogP contribution in [-0.2, 0) is 0 Å². The minimum absolute atomic E-state index is 0.0147. The molecule has 3 heteroatoms. The Bertz CT molecular complexity index is 314. The van der Waals surface area contributed by atoms with Crippen molar-refractivity contribution in [3.8, 4) is 0 Å². The van der Waals surface area contributed by atoms with E-state index >= 15 is 0 Å². The van der Waals surface area contributed by atoms with Crippen molar-refractivity contribution in [1.82, 2.24) is 5.32 Å². The second-order valence-corrected chi connectivity index (χ2v) is 4.11. The van der Waals surface area contributed by atoms with Crippen LogP contribution in [0.3, 0.4) is 0 Å². The summed E-state index contributed by atoms with van der Waals surface area (Å²) in [6.45, 7) is 5.10. The number of aryl methyl sites for hydroxylation is 1. The first-order valence-electron chi connectivity index (χ1n) is 5.29. The molecule has 1 atom stereocenters. The van der Waals surface area contributed by atoms with E-state index in [0.717, 1.165) is 29.1 Å². The van der Waals surface area contributed by atoms with Crippen LogP contribution in [0.1, 0.15) is 30.5 Å². The van der Waals surface area contributed by atoms with E-state index in [-0.39, 0.29) is 12.6 Å². The van der Waals surface area contributed by atoms with E-state index in [1.807, 2.05) is 25.1 Å². The van der Waals surface area contributed by atoms with Crippen molar-refractivity contribution >= 4 is 11.6 Å². The molecule has 84 valence electrons. The van der Waals surface area contributed by atoms with Crippen LogP contribution < -0.4 is 5.32 Å². The molecule has 0 aliphatic heterocycles. The van der Waals surface area contributed by atoms with Crippen molar-refractivity contribution in [2.45, 2.75) is 26.3 Å². The normalized spacial score (nSPS) is 12.8. The predicted molar refractivity (Wildman–Crippen MR) is 64.3 cm³/mol. The van der Waals surface area contributed by atoms with Gasteiger partial charge in [-0.15, -0.1) is 0 Å². The van der Waals surface area contributed by atoms with Gasteiger partial charge in [-0.25, -0.2) is 0 Å². The van der Waals surface area contributed by atoms with E-state index in [1.54, 1.807) is 0 Å². The molecule has 0 amide bonds. The molecule has 0 bridgehead atoms. The topological polar surface area (TPSA) is 32.3 Å². The van der Waals surface area contributed by atoms with Gasteiger partial charge in [0.15, 0.2) is 0 Å². The zero-order valence-electron chi connectivity index (χ0n) is 9.26. The van der Waals surface area contributed by atoms with Crippen molar-refractivity contribution in [3.05, 3.63) is 34.3 Å². The fourth-order valence-electron chi connectivity index (χ4n) is 1.49. The molecule has 1 aromatic rings. The summed E-state index contributed by atoms with van der Waals surface area (Å²) in [5, 5.41) is 13.3. The lowest BCUT2D eigenvalue weighted by atomic mass is 10.0. The summed E-state index contributed by atoms with van der Waals surface area (Å²) < 4.78 is 0. The maximum atomic E-state index is 9.27. The van der Waals surface area contributed by atoms with E-state index in [9.17, 15) is 5.11 Å². The first kappa shape index (κ1) is 12.5. The molecule has 0 aromatic heterocycles. The first-order chi connectivity index (χ1) is 7.19. The van der Waals surface area contributed by atoms with E-state index in [4.69, 9.17) is 11.6 Å². The molecule has 1 aromatic carbocycles. The highest BCUT2D eigenvalue weighted by atomic mass is 35.5. The summed E-state index contributed by atoms with van der Waals surface area (Å²) in [6, 6.07) is 5.87. The van der Waals surface area contributed by atoms with Gasteiger partial charge in [0.05, 0.1) is 12.6 Å². The predicted octanol–water partition coefficient (Wildman–Crippen LogP) is 2.68. The molecule has 2 N–H and O–H groups in total. The van der Waals surface area contributed by atoms with Gasteiger partial charge in [0, 0.05) is 5.02 Å². The quantitative estimate of drug-likeness (QED) is 0.811. The van der Waals surface area contributed by atoms with E-state index in [0.29, 0.717) is 0 Å². The largest absolute Gasteiger partial charge is 0.394 e. The SMILES string of the molecule is CCCNC(CO)c1ccc(Cl)c(C)c1. The number of rotatable bonds is 5. The van der Waals surface area contributed by atoms with Gasteiger partial charge in [-0.05, 0) is 37.1 Å². The number of benzene rings is 1. The fourth-order valence-corrected chi connectivity index (χ4v) is 1.61. The molecule has 2 nitrogen and oxygen atoms in total. The maximum absolute atomic E-state index is 9.27. The number of hydrogen-bond donors (Lipinski definition) is 2. The smallest absolute Gasteiger partial charge is 0.0626 e. The Morgan fingerprint density at radius 2 is 2.20 bits per heavy atom. The van der Waals surface area contributed by atoms with Gasteiger partial charge in [-0.2, -0.15) is 0 Å². The minimum Gasteiger partial charge on any atom is -0.394 e. The number of aliphatic hydroxyl groups excluding tert-OH is 1. The Morgan fingerprint density at radius 3 is 2.73 bits per heavy atom. The van der Waals surface area contributed by atoms with Crippen molar-refractivity contribution in [1.29, 1.82) is 0 Å². The summed E-state index contributed by atoms with van der Waals surface area (Å²) in [6.07, 6.45) is 1.06. The summed E-state index contributed by atoms with van der Waals surface area (Å²) in [7, 11) is 0. The van der Waals surface area contributed by atoms with Gasteiger partial charge >= 0.3 is 0 Å². The Balaban J connectivity index is 2.78. The zero-order valence-corrected chi connectivity index (χ0v) is 10.0. The molecule has 0 heterocycles. The van der Waals surface area contributed by atoms with Crippen LogP contribution in [0, 0.1) is 6.92 Å². The van der Waals surface area contributed by atoms with E-state index in [2.05, 4.69) is 12.2 Å². The number of hydrogen-bond acceptors (Lipinski definition) is 2. The molecule has 1 unspecified atom stereocenters. The van der Waals surface area contributed by atoms with Crippen LogP contribution in [0.15, 0.2) is 18.2 Å². The van der Waals surface area contributed by atoms with Crippen LogP contribution in [0.5, 0.6) is 0 Å². The standard InChI is InChI=1S/C12H18ClNO/c1-3-6-14-12(8-15)10-4-5-11(13)9(2)7-10/h4-5,7,12,14-15H,3,6,8H2,1-2H3. The van der Waals surface area contributed by atoms with Crippen LogP contribution in [0.4, 0.5) is 0 Å². The highest BCUT2D eigenvalue weighted by Crippen LogP contribution is 2.20. The molecular weight excluding hydrogens is 210 g/mol. The third-order valence-electron chi connectivity index (χ3n) is 2.41. The number of nitrogens with one attached hydrogen (secondary N) is 1. The molecular formula is C12H18ClNO. The third kappa shape index (κ3) is 3.49. The van der Waals surface area contributed by atoms with Crippen LogP contribution in [-0.4, -0.2) is 18.3 Å². The highest BCUT2D eigenvalue weighted by Gasteiger charge is 2.09. The number of aliphatic hydroxyl groups is 1. The van der Waals surface area contributed by atoms with Gasteiger partial charge in [0.25, 0.3) is 0 Å². The molecule has 15 heavy (non-hydrogen) atoms. The summed E-state index contributed by atoms with van der Waals surface area (Å²) >= 11 is 5.95. The maximum Gasteiger partial charge on any atom is 0.0626 e. The zero-order chi connectivity index (χ0) is 11.3. The van der Waals surface area contributed by atoms with Crippen molar-refractivity contribution < 1.29 is 5.11 Å². The molecule has 0 aliphatic carbocycles. The van der Waals surface area contributed by atoms with Crippen molar-refractivity contribution in [3.63, 3.8) is 0 Å². The molecule has 1 rings (SSSR count). The Morgan fingerprint density at radius 1 is 1.47 bits per heavy atom. The third-order valence-corrected chi connectivity index (χ3v) is 2.83. The Hall–Kier alpha value is -0.570. The van der Waals surface area contributed by atoms with Crippen molar-refractivity contribution in [2.24, 2.45) is 0 Å². The summed E-state index contributed by atoms with van der Waals surface area (Å²) in [5.74, 6) is 0. The molecule has 0 aliphatic rings. The van der Waals surface area contributed by atoms with Crippen LogP contribution in [0.25, 0.3) is 0 Å². The minimum atomic E-state index is 0.0147. The highest BCUT2D eigenvalue weighted by molar-refractivity contribution is 6.31. The van der Waals surface area contributed by atoms with Gasteiger partial charge < -0.3 is 10.4 Å². The van der Waals surface area contributed by atoms with Crippen LogP contribution in [0.2, 0.25) is 5.02 Å². The Kier molecular flexibility index (Phi) is 5.09. The molecule has 0 fully saturated rings. The van der Waals surface area contributed by atoms with E-state index in [1.165, 1.54) is 0 Å². The van der Waals surface area contributed by atoms with Crippen molar-refractivity contribution in [2.75, 3.05) is 13.2 Å². The molecule has 0 spiro atoms. The average molecular weight is 228 g/mol. The van der Waals surface area contributed by atoms with Gasteiger partial charge in [0.1, 0.15) is 0 Å². The lowest BCUT2D eigenvalue weighted by molar-refractivity contribution is 0.245. The lowest BCUT2D eigenvalue weighted by Gasteiger charge is -2.17. The van der Waals surface area contributed by atoms with E-state index < -0.39 is 0 Å². The van der Waals surface area contributed by atoms with Gasteiger partial charge in [0.2, 0.25) is 0 Å². The first-order valence-corrected chi connectivity index (χ1v) is 5.67. The molecule has 0 radical (unpaired) electrons. The Labute approximate surface area is 96.3 Å². The molecule has 0 saturated heterocycles.